The number of hydrogen-bond acceptors (Lipinski definition) is 4. The first-order valence-corrected chi connectivity index (χ1v) is 9.18. The van der Waals surface area contributed by atoms with Gasteiger partial charge in [0.1, 0.15) is 5.75 Å². The molecule has 0 aliphatic carbocycles. The molecule has 0 radical (unpaired) electrons. The molecule has 1 aromatic carbocycles. The largest absolute Gasteiger partial charge is 0.494 e. The Hall–Kier alpha value is -1.79. The van der Waals surface area contributed by atoms with Crippen molar-refractivity contribution in [3.8, 4) is 5.75 Å². The number of nitrogens with one attached hydrogen (secondary N) is 2. The molecular formula is C19H31N3O3. The first-order chi connectivity index (χ1) is 12.3. The molecule has 25 heavy (non-hydrogen) atoms. The summed E-state index contributed by atoms with van der Waals surface area (Å²) in [5.41, 5.74) is 1.21. The van der Waals surface area contributed by atoms with Crippen LogP contribution >= 0.6 is 0 Å². The zero-order valence-corrected chi connectivity index (χ0v) is 15.4. The summed E-state index contributed by atoms with van der Waals surface area (Å²) in [5.74, 6) is 1.78. The van der Waals surface area contributed by atoms with Gasteiger partial charge in [-0.2, -0.15) is 0 Å². The SMILES string of the molecule is CCOc1ccccc1CCNC(=NC)NCCCOC1CCOC1. The molecule has 2 rings (SSSR count). The summed E-state index contributed by atoms with van der Waals surface area (Å²) in [6.45, 7) is 6.64. The Morgan fingerprint density at radius 2 is 2.12 bits per heavy atom. The smallest absolute Gasteiger partial charge is 0.190 e. The van der Waals surface area contributed by atoms with Crippen LogP contribution in [-0.4, -0.2) is 58.6 Å². The highest BCUT2D eigenvalue weighted by Gasteiger charge is 2.15. The molecule has 1 saturated heterocycles. The van der Waals surface area contributed by atoms with Crippen molar-refractivity contribution >= 4 is 5.96 Å². The van der Waals surface area contributed by atoms with Crippen LogP contribution in [0.5, 0.6) is 5.75 Å². The van der Waals surface area contributed by atoms with Crippen LogP contribution in [0.4, 0.5) is 0 Å². The molecule has 0 bridgehead atoms. The maximum absolute atomic E-state index is 5.75. The molecule has 0 spiro atoms. The molecule has 0 aromatic heterocycles. The molecule has 140 valence electrons. The summed E-state index contributed by atoms with van der Waals surface area (Å²) in [5, 5.41) is 6.66. The van der Waals surface area contributed by atoms with Gasteiger partial charge < -0.3 is 24.8 Å². The highest BCUT2D eigenvalue weighted by molar-refractivity contribution is 5.79. The minimum atomic E-state index is 0.280. The van der Waals surface area contributed by atoms with Gasteiger partial charge in [0.05, 0.1) is 19.3 Å². The predicted molar refractivity (Wildman–Crippen MR) is 100 cm³/mol. The molecule has 6 heteroatoms. The van der Waals surface area contributed by atoms with Gasteiger partial charge in [-0.25, -0.2) is 0 Å². The second kappa shape index (κ2) is 11.7. The number of nitrogens with zero attached hydrogens (tertiary/aromatic N) is 1. The zero-order valence-electron chi connectivity index (χ0n) is 15.4. The number of aliphatic imine (C=N–C) groups is 1. The quantitative estimate of drug-likeness (QED) is 0.384. The van der Waals surface area contributed by atoms with Crippen molar-refractivity contribution in [2.24, 2.45) is 4.99 Å². The molecule has 1 fully saturated rings. The lowest BCUT2D eigenvalue weighted by Crippen LogP contribution is -2.39. The molecule has 0 amide bonds. The van der Waals surface area contributed by atoms with Gasteiger partial charge in [0, 0.05) is 33.4 Å². The van der Waals surface area contributed by atoms with Gasteiger partial charge in [0.2, 0.25) is 0 Å². The highest BCUT2D eigenvalue weighted by Crippen LogP contribution is 2.17. The van der Waals surface area contributed by atoms with Crippen LogP contribution < -0.4 is 15.4 Å². The predicted octanol–water partition coefficient (Wildman–Crippen LogP) is 1.99. The molecule has 0 saturated carbocycles. The molecule has 6 nitrogen and oxygen atoms in total. The lowest BCUT2D eigenvalue weighted by Gasteiger charge is -2.14. The van der Waals surface area contributed by atoms with Crippen LogP contribution in [0.1, 0.15) is 25.3 Å². The molecule has 1 aromatic rings. The summed E-state index contributed by atoms with van der Waals surface area (Å²) in [7, 11) is 1.79. The summed E-state index contributed by atoms with van der Waals surface area (Å²) < 4.78 is 16.7. The van der Waals surface area contributed by atoms with Crippen LogP contribution in [0.3, 0.4) is 0 Å². The molecule has 1 heterocycles. The fourth-order valence-electron chi connectivity index (χ4n) is 2.72. The van der Waals surface area contributed by atoms with Gasteiger partial charge in [-0.05, 0) is 37.8 Å². The third-order valence-electron chi connectivity index (χ3n) is 4.04. The zero-order chi connectivity index (χ0) is 17.7. The van der Waals surface area contributed by atoms with Crippen LogP contribution in [0.15, 0.2) is 29.3 Å². The average Bonchev–Trinajstić information content (AvgIpc) is 3.15. The van der Waals surface area contributed by atoms with Crippen LogP contribution in [0.25, 0.3) is 0 Å². The van der Waals surface area contributed by atoms with Crippen LogP contribution in [0.2, 0.25) is 0 Å². The van der Waals surface area contributed by atoms with Gasteiger partial charge in [-0.15, -0.1) is 0 Å². The van der Waals surface area contributed by atoms with E-state index >= 15 is 0 Å². The fraction of sp³-hybridized carbons (Fsp3) is 0.632. The topological polar surface area (TPSA) is 64.1 Å². The first-order valence-electron chi connectivity index (χ1n) is 9.18. The fourth-order valence-corrected chi connectivity index (χ4v) is 2.72. The molecule has 2 N–H and O–H groups in total. The Balaban J connectivity index is 1.60. The monoisotopic (exact) mass is 349 g/mol. The van der Waals surface area contributed by atoms with Crippen LogP contribution in [0, 0.1) is 0 Å². The van der Waals surface area contributed by atoms with E-state index in [-0.39, 0.29) is 6.10 Å². The summed E-state index contributed by atoms with van der Waals surface area (Å²) >= 11 is 0. The minimum Gasteiger partial charge on any atom is -0.494 e. The minimum absolute atomic E-state index is 0.280. The average molecular weight is 349 g/mol. The third kappa shape index (κ3) is 7.32. The number of hydrogen-bond donors (Lipinski definition) is 2. The van der Waals surface area contributed by atoms with Crippen molar-refractivity contribution in [2.45, 2.75) is 32.3 Å². The molecule has 1 unspecified atom stereocenters. The van der Waals surface area contributed by atoms with Gasteiger partial charge in [0.25, 0.3) is 0 Å². The second-order valence-electron chi connectivity index (χ2n) is 5.93. The summed E-state index contributed by atoms with van der Waals surface area (Å²) in [6, 6.07) is 8.16. The molecular weight excluding hydrogens is 318 g/mol. The lowest BCUT2D eigenvalue weighted by molar-refractivity contribution is 0.0420. The van der Waals surface area contributed by atoms with E-state index in [1.807, 2.05) is 25.1 Å². The van der Waals surface area contributed by atoms with E-state index in [1.165, 1.54) is 5.56 Å². The first kappa shape index (κ1) is 19.5. The van der Waals surface area contributed by atoms with E-state index in [1.54, 1.807) is 7.05 Å². The van der Waals surface area contributed by atoms with E-state index in [9.17, 15) is 0 Å². The number of ether oxygens (including phenoxy) is 3. The third-order valence-corrected chi connectivity index (χ3v) is 4.04. The number of rotatable bonds is 10. The Labute approximate surface area is 151 Å². The van der Waals surface area contributed by atoms with Gasteiger partial charge in [0.15, 0.2) is 5.96 Å². The Morgan fingerprint density at radius 1 is 1.28 bits per heavy atom. The van der Waals surface area contributed by atoms with Crippen molar-refractivity contribution in [2.75, 3.05) is 46.6 Å². The maximum atomic E-state index is 5.75. The Bertz CT molecular complexity index is 516. The molecule has 1 aliphatic heterocycles. The molecule has 1 aliphatic rings. The van der Waals surface area contributed by atoms with E-state index < -0.39 is 0 Å². The van der Waals surface area contributed by atoms with Crippen LogP contribution in [-0.2, 0) is 15.9 Å². The standard InChI is InChI=1S/C19H31N3O3/c1-3-24-18-8-5-4-7-16(18)9-12-22-19(20-2)21-11-6-13-25-17-10-14-23-15-17/h4-5,7-8,17H,3,6,9-15H2,1-2H3,(H2,20,21,22). The van der Waals surface area contributed by atoms with Crippen molar-refractivity contribution in [1.82, 2.24) is 10.6 Å². The maximum Gasteiger partial charge on any atom is 0.190 e. The number of benzene rings is 1. The van der Waals surface area contributed by atoms with Crippen molar-refractivity contribution < 1.29 is 14.2 Å². The van der Waals surface area contributed by atoms with Gasteiger partial charge >= 0.3 is 0 Å². The Morgan fingerprint density at radius 3 is 2.88 bits per heavy atom. The second-order valence-corrected chi connectivity index (χ2v) is 5.93. The Kier molecular flexibility index (Phi) is 9.15. The van der Waals surface area contributed by atoms with E-state index in [4.69, 9.17) is 14.2 Å². The lowest BCUT2D eigenvalue weighted by atomic mass is 10.1. The van der Waals surface area contributed by atoms with E-state index in [2.05, 4.69) is 21.7 Å². The number of guanidine groups is 1. The summed E-state index contributed by atoms with van der Waals surface area (Å²) in [4.78, 5) is 4.26. The van der Waals surface area contributed by atoms with E-state index in [0.717, 1.165) is 63.9 Å². The normalized spacial score (nSPS) is 17.5. The van der Waals surface area contributed by atoms with Gasteiger partial charge in [-0.3, -0.25) is 4.99 Å². The summed E-state index contributed by atoms with van der Waals surface area (Å²) in [6.07, 6.45) is 3.13. The molecule has 1 atom stereocenters. The number of para-hydroxylation sites is 1. The van der Waals surface area contributed by atoms with Crippen molar-refractivity contribution in [1.29, 1.82) is 0 Å². The van der Waals surface area contributed by atoms with Crippen molar-refractivity contribution in [3.63, 3.8) is 0 Å². The van der Waals surface area contributed by atoms with E-state index in [0.29, 0.717) is 6.61 Å². The van der Waals surface area contributed by atoms with Gasteiger partial charge in [-0.1, -0.05) is 18.2 Å². The highest BCUT2D eigenvalue weighted by atomic mass is 16.5. The van der Waals surface area contributed by atoms with Crippen molar-refractivity contribution in [3.05, 3.63) is 29.8 Å².